The van der Waals surface area contributed by atoms with E-state index in [1.807, 2.05) is 0 Å². The number of Topliss-reactive ketones (excluding diaryl/α,β-unsaturated/α-hetero) is 1. The van der Waals surface area contributed by atoms with Gasteiger partial charge in [-0.3, -0.25) is 9.59 Å². The molecule has 26 heavy (non-hydrogen) atoms. The summed E-state index contributed by atoms with van der Waals surface area (Å²) in [6, 6.07) is 3.44. The standard InChI is InChI=1S/C18H18N4O3S/c1-3-8-19-14-7-4-11(9-20-14)15(24)12-5-6-13-17(16(12)25)26-18(22-13)21-10(2)23/h3-4,7,9,24H,1,5-6,8H2,2H3,(H,19,20)(H,21,22,23). The first-order valence-corrected chi connectivity index (χ1v) is 8.86. The van der Waals surface area contributed by atoms with Gasteiger partial charge in [0.1, 0.15) is 16.5 Å². The number of aliphatic hydroxyl groups excluding tert-OH is 1. The molecule has 0 aliphatic heterocycles. The molecule has 2 aromatic rings. The molecular weight excluding hydrogens is 352 g/mol. The average molecular weight is 370 g/mol. The van der Waals surface area contributed by atoms with Gasteiger partial charge < -0.3 is 15.7 Å². The van der Waals surface area contributed by atoms with Gasteiger partial charge in [-0.1, -0.05) is 17.4 Å². The Bertz CT molecular complexity index is 900. The highest BCUT2D eigenvalue weighted by Gasteiger charge is 2.29. The Balaban J connectivity index is 1.86. The molecule has 1 amide bonds. The van der Waals surface area contributed by atoms with Crippen molar-refractivity contribution in [1.29, 1.82) is 0 Å². The monoisotopic (exact) mass is 370 g/mol. The van der Waals surface area contributed by atoms with E-state index in [2.05, 4.69) is 27.2 Å². The highest BCUT2D eigenvalue weighted by molar-refractivity contribution is 7.18. The lowest BCUT2D eigenvalue weighted by Gasteiger charge is -2.14. The van der Waals surface area contributed by atoms with Crippen molar-refractivity contribution >= 4 is 39.7 Å². The Kier molecular flexibility index (Phi) is 5.13. The number of aromatic nitrogens is 2. The first-order chi connectivity index (χ1) is 12.5. The van der Waals surface area contributed by atoms with E-state index in [-0.39, 0.29) is 17.4 Å². The minimum Gasteiger partial charge on any atom is -0.507 e. The van der Waals surface area contributed by atoms with Crippen molar-refractivity contribution in [3.8, 4) is 0 Å². The van der Waals surface area contributed by atoms with Crippen molar-refractivity contribution in [3.05, 3.63) is 52.7 Å². The number of carbonyl (C=O) groups excluding carboxylic acids is 2. The van der Waals surface area contributed by atoms with Crippen LogP contribution in [-0.4, -0.2) is 33.3 Å². The van der Waals surface area contributed by atoms with Gasteiger partial charge in [0.25, 0.3) is 0 Å². The quantitative estimate of drug-likeness (QED) is 0.424. The van der Waals surface area contributed by atoms with Gasteiger partial charge >= 0.3 is 0 Å². The number of aryl methyl sites for hydroxylation is 1. The lowest BCUT2D eigenvalue weighted by molar-refractivity contribution is -0.114. The van der Waals surface area contributed by atoms with Crippen LogP contribution in [0.2, 0.25) is 0 Å². The van der Waals surface area contributed by atoms with Crippen LogP contribution in [-0.2, 0) is 11.2 Å². The summed E-state index contributed by atoms with van der Waals surface area (Å²) < 4.78 is 0. The molecule has 2 heterocycles. The van der Waals surface area contributed by atoms with Crippen molar-refractivity contribution < 1.29 is 14.7 Å². The summed E-state index contributed by atoms with van der Waals surface area (Å²) in [5.74, 6) is 0.0918. The summed E-state index contributed by atoms with van der Waals surface area (Å²) >= 11 is 1.13. The summed E-state index contributed by atoms with van der Waals surface area (Å²) in [7, 11) is 0. The number of rotatable bonds is 5. The topological polar surface area (TPSA) is 104 Å². The number of anilines is 2. The van der Waals surface area contributed by atoms with Gasteiger partial charge in [0, 0.05) is 30.8 Å². The molecule has 1 aliphatic rings. The molecule has 3 N–H and O–H groups in total. The smallest absolute Gasteiger partial charge is 0.223 e. The van der Waals surface area contributed by atoms with Gasteiger partial charge in [0.2, 0.25) is 11.7 Å². The second-order valence-electron chi connectivity index (χ2n) is 5.73. The Hall–Kier alpha value is -3.00. The van der Waals surface area contributed by atoms with Gasteiger partial charge in [-0.05, 0) is 25.0 Å². The highest BCUT2D eigenvalue weighted by Crippen LogP contribution is 2.34. The van der Waals surface area contributed by atoms with Gasteiger partial charge in [-0.2, -0.15) is 0 Å². The third-order valence-electron chi connectivity index (χ3n) is 3.82. The lowest BCUT2D eigenvalue weighted by Crippen LogP contribution is -2.14. The van der Waals surface area contributed by atoms with Crippen molar-refractivity contribution in [2.45, 2.75) is 19.8 Å². The third kappa shape index (κ3) is 3.65. The highest BCUT2D eigenvalue weighted by atomic mass is 32.1. The fourth-order valence-corrected chi connectivity index (χ4v) is 3.64. The van der Waals surface area contributed by atoms with Gasteiger partial charge in [-0.25, -0.2) is 9.97 Å². The minimum absolute atomic E-state index is 0.0714. The van der Waals surface area contributed by atoms with Crippen LogP contribution in [0.15, 0.2) is 36.6 Å². The number of aliphatic hydroxyl groups is 1. The van der Waals surface area contributed by atoms with Crippen LogP contribution in [0.5, 0.6) is 0 Å². The van der Waals surface area contributed by atoms with Crippen LogP contribution in [0.4, 0.5) is 10.9 Å². The van der Waals surface area contributed by atoms with Crippen molar-refractivity contribution in [2.24, 2.45) is 0 Å². The molecule has 0 unspecified atom stereocenters. The molecule has 0 spiro atoms. The Morgan fingerprint density at radius 2 is 2.23 bits per heavy atom. The van der Waals surface area contributed by atoms with Crippen LogP contribution in [0.25, 0.3) is 5.76 Å². The molecule has 0 aromatic carbocycles. The van der Waals surface area contributed by atoms with E-state index in [0.29, 0.717) is 52.0 Å². The zero-order valence-electron chi connectivity index (χ0n) is 14.2. The number of hydrogen-bond donors (Lipinski definition) is 3. The fraction of sp³-hybridized carbons (Fsp3) is 0.222. The summed E-state index contributed by atoms with van der Waals surface area (Å²) in [6.45, 7) is 5.60. The summed E-state index contributed by atoms with van der Waals surface area (Å²) in [6.07, 6.45) is 4.16. The van der Waals surface area contributed by atoms with E-state index < -0.39 is 0 Å². The van der Waals surface area contributed by atoms with E-state index in [1.165, 1.54) is 13.1 Å². The molecule has 1 aliphatic carbocycles. The number of amides is 1. The number of carbonyl (C=O) groups is 2. The van der Waals surface area contributed by atoms with Gasteiger partial charge in [0.15, 0.2) is 5.13 Å². The van der Waals surface area contributed by atoms with E-state index >= 15 is 0 Å². The molecule has 0 saturated heterocycles. The number of ketones is 1. The molecule has 0 radical (unpaired) electrons. The normalized spacial score (nSPS) is 15.2. The maximum Gasteiger partial charge on any atom is 0.223 e. The van der Waals surface area contributed by atoms with Crippen LogP contribution in [0.1, 0.15) is 34.3 Å². The molecule has 0 bridgehead atoms. The molecule has 7 nitrogen and oxygen atoms in total. The van der Waals surface area contributed by atoms with E-state index in [9.17, 15) is 14.7 Å². The molecule has 8 heteroatoms. The molecule has 2 aromatic heterocycles. The Morgan fingerprint density at radius 3 is 2.88 bits per heavy atom. The predicted molar refractivity (Wildman–Crippen MR) is 102 cm³/mol. The summed E-state index contributed by atoms with van der Waals surface area (Å²) in [4.78, 5) is 32.9. The zero-order valence-corrected chi connectivity index (χ0v) is 15.0. The van der Waals surface area contributed by atoms with Crippen molar-refractivity contribution in [1.82, 2.24) is 9.97 Å². The zero-order chi connectivity index (χ0) is 18.7. The number of hydrogen-bond acceptors (Lipinski definition) is 7. The average Bonchev–Trinajstić information content (AvgIpc) is 3.03. The molecule has 3 rings (SSSR count). The van der Waals surface area contributed by atoms with E-state index in [4.69, 9.17) is 0 Å². The van der Waals surface area contributed by atoms with E-state index in [1.54, 1.807) is 18.2 Å². The number of nitrogens with one attached hydrogen (secondary N) is 2. The number of thiazole rings is 1. The minimum atomic E-state index is -0.258. The SMILES string of the molecule is C=CCNc1ccc(C(O)=C2CCc3nc(NC(C)=O)sc3C2=O)cn1. The molecule has 0 atom stereocenters. The first kappa shape index (κ1) is 17.8. The fourth-order valence-electron chi connectivity index (χ4n) is 2.61. The van der Waals surface area contributed by atoms with Crippen molar-refractivity contribution in [2.75, 3.05) is 17.2 Å². The second-order valence-corrected chi connectivity index (χ2v) is 6.73. The van der Waals surface area contributed by atoms with E-state index in [0.717, 1.165) is 11.3 Å². The van der Waals surface area contributed by atoms with Crippen LogP contribution in [0.3, 0.4) is 0 Å². The Morgan fingerprint density at radius 1 is 1.42 bits per heavy atom. The first-order valence-electron chi connectivity index (χ1n) is 8.05. The molecule has 134 valence electrons. The number of nitrogens with zero attached hydrogens (tertiary/aromatic N) is 2. The van der Waals surface area contributed by atoms with Crippen molar-refractivity contribution in [3.63, 3.8) is 0 Å². The predicted octanol–water partition coefficient (Wildman–Crippen LogP) is 3.19. The van der Waals surface area contributed by atoms with Crippen LogP contribution < -0.4 is 10.6 Å². The largest absolute Gasteiger partial charge is 0.507 e. The van der Waals surface area contributed by atoms with Gasteiger partial charge in [0.05, 0.1) is 5.69 Å². The Labute approximate surface area is 154 Å². The lowest BCUT2D eigenvalue weighted by atomic mass is 9.93. The maximum absolute atomic E-state index is 12.7. The van der Waals surface area contributed by atoms with Crippen LogP contribution >= 0.6 is 11.3 Å². The maximum atomic E-state index is 12.7. The number of fused-ring (bicyclic) bond motifs is 1. The third-order valence-corrected chi connectivity index (χ3v) is 4.83. The second kappa shape index (κ2) is 7.49. The summed E-state index contributed by atoms with van der Waals surface area (Å²) in [5.41, 5.74) is 1.47. The molecule has 0 saturated carbocycles. The number of pyridine rings is 1. The molecule has 0 fully saturated rings. The van der Waals surface area contributed by atoms with Crippen LogP contribution in [0, 0.1) is 0 Å². The van der Waals surface area contributed by atoms with Gasteiger partial charge in [-0.15, -0.1) is 6.58 Å². The molecular formula is C18H18N4O3S. The summed E-state index contributed by atoms with van der Waals surface area (Å²) in [5, 5.41) is 16.6. The number of allylic oxidation sites excluding steroid dienone is 1.